The maximum Gasteiger partial charge on any atom is 0.124 e. The minimum absolute atomic E-state index is 0.0654. The van der Waals surface area contributed by atoms with Gasteiger partial charge in [0.2, 0.25) is 0 Å². The SMILES string of the molecule is CC1(C)c2cc(-c3cccc(-c4ccc5ccc6ccc7nc(-c8ccccc8)sc7c6c5c4)c3)ccc2-c2cc3ccccc3cc21. The van der Waals surface area contributed by atoms with Crippen molar-refractivity contribution < 1.29 is 0 Å². The van der Waals surface area contributed by atoms with E-state index in [0.717, 1.165) is 16.1 Å². The van der Waals surface area contributed by atoms with E-state index in [2.05, 4.69) is 166 Å². The first kappa shape index (κ1) is 27.5. The standard InChI is InChI=1S/C46H31NS/c1-46(2)40-27-36(19-21-37(40)39-25-33-11-6-7-12-34(33)26-41(39)46)32-14-8-13-31(23-32)35-18-16-28-15-17-29-20-22-42-44(43(29)38(28)24-35)48-45(47-42)30-9-4-3-5-10-30/h3-27H,1-2H3. The zero-order valence-corrected chi connectivity index (χ0v) is 27.6. The largest absolute Gasteiger partial charge is 0.236 e. The summed E-state index contributed by atoms with van der Waals surface area (Å²) in [6.07, 6.45) is 0. The summed E-state index contributed by atoms with van der Waals surface area (Å²) in [6, 6.07) is 55.9. The summed E-state index contributed by atoms with van der Waals surface area (Å²) in [5.41, 5.74) is 12.6. The van der Waals surface area contributed by atoms with Gasteiger partial charge in [0.15, 0.2) is 0 Å². The highest BCUT2D eigenvalue weighted by molar-refractivity contribution is 7.22. The summed E-state index contributed by atoms with van der Waals surface area (Å²) < 4.78 is 1.25. The van der Waals surface area contributed by atoms with Crippen LogP contribution in [-0.4, -0.2) is 4.98 Å². The minimum atomic E-state index is -0.0654. The van der Waals surface area contributed by atoms with Gasteiger partial charge in [0.25, 0.3) is 0 Å². The van der Waals surface area contributed by atoms with E-state index in [9.17, 15) is 0 Å². The van der Waals surface area contributed by atoms with E-state index in [1.807, 2.05) is 0 Å². The van der Waals surface area contributed by atoms with Gasteiger partial charge in [-0.3, -0.25) is 0 Å². The van der Waals surface area contributed by atoms with E-state index >= 15 is 0 Å². The fraction of sp³-hybridized carbons (Fsp3) is 0.0652. The van der Waals surface area contributed by atoms with E-state index in [4.69, 9.17) is 4.98 Å². The molecule has 0 amide bonds. The molecular weight excluding hydrogens is 599 g/mol. The first-order valence-electron chi connectivity index (χ1n) is 16.6. The number of thiazole rings is 1. The number of nitrogens with zero attached hydrogens (tertiary/aromatic N) is 1. The average Bonchev–Trinajstić information content (AvgIpc) is 3.67. The summed E-state index contributed by atoms with van der Waals surface area (Å²) in [7, 11) is 0. The monoisotopic (exact) mass is 629 g/mol. The Morgan fingerprint density at radius 3 is 1.92 bits per heavy atom. The molecule has 1 nitrogen and oxygen atoms in total. The maximum atomic E-state index is 5.05. The molecule has 0 atom stereocenters. The zero-order chi connectivity index (χ0) is 32.0. The Morgan fingerprint density at radius 1 is 0.458 bits per heavy atom. The van der Waals surface area contributed by atoms with Crippen LogP contribution in [0.5, 0.6) is 0 Å². The van der Waals surface area contributed by atoms with Gasteiger partial charge in [0, 0.05) is 16.4 Å². The second kappa shape index (κ2) is 10.2. The van der Waals surface area contributed by atoms with Crippen LogP contribution in [0.2, 0.25) is 0 Å². The molecule has 0 aliphatic heterocycles. The predicted octanol–water partition coefficient (Wildman–Crippen LogP) is 13.1. The second-order valence-corrected chi connectivity index (χ2v) is 14.6. The van der Waals surface area contributed by atoms with Crippen LogP contribution in [0.25, 0.3) is 86.5 Å². The van der Waals surface area contributed by atoms with Gasteiger partial charge in [-0.2, -0.15) is 0 Å². The lowest BCUT2D eigenvalue weighted by atomic mass is 9.81. The highest BCUT2D eigenvalue weighted by Crippen LogP contribution is 2.51. The molecule has 0 bridgehead atoms. The summed E-state index contributed by atoms with van der Waals surface area (Å²) in [5.74, 6) is 0. The van der Waals surface area contributed by atoms with Crippen molar-refractivity contribution in [1.29, 1.82) is 0 Å². The molecule has 9 aromatic rings. The molecule has 0 unspecified atom stereocenters. The zero-order valence-electron chi connectivity index (χ0n) is 26.8. The summed E-state index contributed by atoms with van der Waals surface area (Å²) in [6.45, 7) is 4.74. The molecule has 0 saturated carbocycles. The Hall–Kier alpha value is -5.57. The average molecular weight is 630 g/mol. The van der Waals surface area contributed by atoms with Crippen LogP contribution in [0.3, 0.4) is 0 Å². The van der Waals surface area contributed by atoms with Crippen molar-refractivity contribution in [2.24, 2.45) is 0 Å². The third kappa shape index (κ3) is 4.13. The van der Waals surface area contributed by atoms with Gasteiger partial charge < -0.3 is 0 Å². The summed E-state index contributed by atoms with van der Waals surface area (Å²) in [5, 5.41) is 8.72. The van der Waals surface area contributed by atoms with Crippen LogP contribution < -0.4 is 0 Å². The van der Waals surface area contributed by atoms with Crippen LogP contribution >= 0.6 is 11.3 Å². The van der Waals surface area contributed by atoms with Gasteiger partial charge in [-0.15, -0.1) is 11.3 Å². The van der Waals surface area contributed by atoms with Crippen LogP contribution in [0.4, 0.5) is 0 Å². The molecule has 8 aromatic carbocycles. The third-order valence-corrected chi connectivity index (χ3v) is 11.6. The molecule has 10 rings (SSSR count). The molecule has 0 saturated heterocycles. The topological polar surface area (TPSA) is 12.9 Å². The van der Waals surface area contributed by atoms with E-state index in [0.29, 0.717) is 0 Å². The van der Waals surface area contributed by atoms with Crippen molar-refractivity contribution in [2.45, 2.75) is 19.3 Å². The third-order valence-electron chi connectivity index (χ3n) is 10.4. The van der Waals surface area contributed by atoms with E-state index < -0.39 is 0 Å². The van der Waals surface area contributed by atoms with Crippen LogP contribution in [0, 0.1) is 0 Å². The normalized spacial score (nSPS) is 13.4. The number of aromatic nitrogens is 1. The van der Waals surface area contributed by atoms with Crippen LogP contribution in [-0.2, 0) is 5.41 Å². The van der Waals surface area contributed by atoms with E-state index in [-0.39, 0.29) is 5.41 Å². The number of hydrogen-bond donors (Lipinski definition) is 0. The lowest BCUT2D eigenvalue weighted by molar-refractivity contribution is 0.661. The van der Waals surface area contributed by atoms with E-state index in [1.54, 1.807) is 11.3 Å². The smallest absolute Gasteiger partial charge is 0.124 e. The highest BCUT2D eigenvalue weighted by Gasteiger charge is 2.35. The number of fused-ring (bicyclic) bond motifs is 9. The van der Waals surface area contributed by atoms with Crippen molar-refractivity contribution in [1.82, 2.24) is 4.98 Å². The Balaban J connectivity index is 1.08. The number of hydrogen-bond acceptors (Lipinski definition) is 2. The van der Waals surface area contributed by atoms with Gasteiger partial charge in [0.1, 0.15) is 5.01 Å². The first-order valence-corrected chi connectivity index (χ1v) is 17.4. The number of benzene rings is 8. The quantitative estimate of drug-likeness (QED) is 0.177. The number of rotatable bonds is 3. The van der Waals surface area contributed by atoms with Crippen molar-refractivity contribution in [2.75, 3.05) is 0 Å². The van der Waals surface area contributed by atoms with Crippen molar-refractivity contribution in [3.05, 3.63) is 163 Å². The van der Waals surface area contributed by atoms with Gasteiger partial charge >= 0.3 is 0 Å². The van der Waals surface area contributed by atoms with Gasteiger partial charge in [-0.05, 0) is 108 Å². The molecule has 1 aliphatic rings. The molecular formula is C46H31NS. The predicted molar refractivity (Wildman–Crippen MR) is 206 cm³/mol. The Bertz CT molecular complexity index is 2750. The van der Waals surface area contributed by atoms with Crippen LogP contribution in [0.1, 0.15) is 25.0 Å². The van der Waals surface area contributed by atoms with E-state index in [1.165, 1.54) is 81.5 Å². The molecule has 0 N–H and O–H groups in total. The molecule has 0 fully saturated rings. The molecule has 1 aromatic heterocycles. The van der Waals surface area contributed by atoms with Gasteiger partial charge in [-0.25, -0.2) is 4.98 Å². The lowest BCUT2D eigenvalue weighted by Gasteiger charge is -2.22. The molecule has 0 radical (unpaired) electrons. The van der Waals surface area contributed by atoms with Crippen molar-refractivity contribution in [3.8, 4) is 44.0 Å². The molecule has 0 spiro atoms. The molecule has 1 aliphatic carbocycles. The highest BCUT2D eigenvalue weighted by atomic mass is 32.1. The summed E-state index contributed by atoms with van der Waals surface area (Å²) in [4.78, 5) is 5.05. The van der Waals surface area contributed by atoms with Gasteiger partial charge in [-0.1, -0.05) is 129 Å². The first-order chi connectivity index (χ1) is 23.5. The second-order valence-electron chi connectivity index (χ2n) is 13.6. The fourth-order valence-electron chi connectivity index (χ4n) is 7.88. The summed E-state index contributed by atoms with van der Waals surface area (Å²) >= 11 is 1.79. The molecule has 226 valence electrons. The maximum absolute atomic E-state index is 5.05. The molecule has 48 heavy (non-hydrogen) atoms. The lowest BCUT2D eigenvalue weighted by Crippen LogP contribution is -2.15. The minimum Gasteiger partial charge on any atom is -0.236 e. The Labute approximate surface area is 283 Å². The Kier molecular flexibility index (Phi) is 5.86. The molecule has 1 heterocycles. The van der Waals surface area contributed by atoms with Crippen molar-refractivity contribution in [3.63, 3.8) is 0 Å². The van der Waals surface area contributed by atoms with Gasteiger partial charge in [0.05, 0.1) is 10.2 Å². The van der Waals surface area contributed by atoms with Crippen LogP contribution in [0.15, 0.2) is 152 Å². The molecule has 2 heteroatoms. The van der Waals surface area contributed by atoms with Crippen molar-refractivity contribution >= 4 is 53.9 Å². The Morgan fingerprint density at radius 2 is 1.08 bits per heavy atom. The fourth-order valence-corrected chi connectivity index (χ4v) is 9.02.